The van der Waals surface area contributed by atoms with Crippen molar-refractivity contribution >= 4 is 65.0 Å². The summed E-state index contributed by atoms with van der Waals surface area (Å²) in [5.41, 5.74) is 0. The number of carbonyl (C=O) groups is 5. The molecule has 430 valence electrons. The Hall–Kier alpha value is -1.64. The van der Waals surface area contributed by atoms with E-state index in [0.29, 0.717) is 93.9 Å². The van der Waals surface area contributed by atoms with Crippen LogP contribution in [0.4, 0.5) is 0 Å². The maximum Gasteiger partial charge on any atom is 0.306 e. The molecule has 2 N–H and O–H groups in total. The van der Waals surface area contributed by atoms with Gasteiger partial charge < -0.3 is 29.7 Å². The number of hydrogen-bond donors (Lipinski definition) is 2. The van der Waals surface area contributed by atoms with Crippen LogP contribution in [0.5, 0.6) is 0 Å². The van der Waals surface area contributed by atoms with Crippen LogP contribution in [0.25, 0.3) is 0 Å². The highest BCUT2D eigenvalue weighted by molar-refractivity contribution is 8.00. The average Bonchev–Trinajstić information content (AvgIpc) is 3.37. The quantitative estimate of drug-likeness (QED) is 0.0340. The monoisotopic (exact) mass is 1090 g/mol. The summed E-state index contributed by atoms with van der Waals surface area (Å²) in [5, 5.41) is 6.32. The number of nitrogens with one attached hydrogen (secondary N) is 2. The molecule has 0 saturated carbocycles. The van der Waals surface area contributed by atoms with Crippen molar-refractivity contribution in [2.45, 2.75) is 270 Å². The van der Waals surface area contributed by atoms with Gasteiger partial charge in [0.05, 0.1) is 39.1 Å². The summed E-state index contributed by atoms with van der Waals surface area (Å²) in [5.74, 6) is 2.85. The molecule has 0 spiro atoms. The Balaban J connectivity index is 4.68. The molecule has 0 fully saturated rings. The summed E-state index contributed by atoms with van der Waals surface area (Å²) in [6.07, 6.45) is 40.3. The SMILES string of the molecule is CCCCCCCCCCCCCCCCCCOC(=O)CCSCCC(NC(=O)CCCCC(CCSCCC(=O)OCCCCCCCC)SCCC(=O)OCCCCCCCC)C(=O)NCCN(C)C. The molecule has 0 aromatic rings. The van der Waals surface area contributed by atoms with E-state index in [-0.39, 0.29) is 29.7 Å². The van der Waals surface area contributed by atoms with Gasteiger partial charge in [0, 0.05) is 42.0 Å². The van der Waals surface area contributed by atoms with Gasteiger partial charge >= 0.3 is 17.9 Å². The lowest BCUT2D eigenvalue weighted by molar-refractivity contribution is -0.144. The molecular weight excluding hydrogens is 975 g/mol. The summed E-state index contributed by atoms with van der Waals surface area (Å²) in [4.78, 5) is 65.7. The van der Waals surface area contributed by atoms with Crippen molar-refractivity contribution in [2.75, 3.05) is 75.8 Å². The average molecular weight is 1090 g/mol. The lowest BCUT2D eigenvalue weighted by Crippen LogP contribution is -2.48. The van der Waals surface area contributed by atoms with Gasteiger partial charge in [-0.3, -0.25) is 24.0 Å². The van der Waals surface area contributed by atoms with Crippen LogP contribution < -0.4 is 10.6 Å². The fraction of sp³-hybridized carbons (Fsp3) is 0.915. The first-order valence-corrected chi connectivity index (χ1v) is 33.4. The summed E-state index contributed by atoms with van der Waals surface area (Å²) >= 11 is 5.18. The number of ether oxygens (including phenoxy) is 3. The summed E-state index contributed by atoms with van der Waals surface area (Å²) < 4.78 is 16.5. The smallest absolute Gasteiger partial charge is 0.306 e. The Morgan fingerprint density at radius 1 is 0.425 bits per heavy atom. The van der Waals surface area contributed by atoms with Crippen molar-refractivity contribution < 1.29 is 38.2 Å². The van der Waals surface area contributed by atoms with Crippen LogP contribution in [-0.4, -0.2) is 122 Å². The van der Waals surface area contributed by atoms with Crippen LogP contribution in [0, 0.1) is 0 Å². The highest BCUT2D eigenvalue weighted by Crippen LogP contribution is 2.25. The van der Waals surface area contributed by atoms with Crippen molar-refractivity contribution in [3.05, 3.63) is 0 Å². The Bertz CT molecular complexity index is 1280. The molecule has 0 aromatic carbocycles. The zero-order valence-electron chi connectivity index (χ0n) is 47.8. The molecule has 2 atom stereocenters. The highest BCUT2D eigenvalue weighted by Gasteiger charge is 2.21. The molecule has 73 heavy (non-hydrogen) atoms. The molecule has 0 aliphatic carbocycles. The van der Waals surface area contributed by atoms with Crippen LogP contribution in [0.15, 0.2) is 0 Å². The predicted molar refractivity (Wildman–Crippen MR) is 315 cm³/mol. The number of esters is 3. The molecule has 14 heteroatoms. The van der Waals surface area contributed by atoms with Crippen LogP contribution in [-0.2, 0) is 38.2 Å². The Morgan fingerprint density at radius 2 is 0.808 bits per heavy atom. The van der Waals surface area contributed by atoms with Crippen molar-refractivity contribution in [1.82, 2.24) is 15.5 Å². The maximum absolute atomic E-state index is 13.2. The Kier molecular flexibility index (Phi) is 55.3. The van der Waals surface area contributed by atoms with Crippen molar-refractivity contribution in [3.63, 3.8) is 0 Å². The third kappa shape index (κ3) is 53.5. The first-order valence-electron chi connectivity index (χ1n) is 30.1. The third-order valence-electron chi connectivity index (χ3n) is 13.2. The van der Waals surface area contributed by atoms with Gasteiger partial charge in [-0.1, -0.05) is 188 Å². The van der Waals surface area contributed by atoms with E-state index in [0.717, 1.165) is 69.3 Å². The van der Waals surface area contributed by atoms with E-state index in [9.17, 15) is 24.0 Å². The number of nitrogens with zero attached hydrogens (tertiary/aromatic N) is 1. The number of likely N-dealkylation sites (N-methyl/N-ethyl adjacent to an activating group) is 1. The minimum Gasteiger partial charge on any atom is -0.466 e. The van der Waals surface area contributed by atoms with Crippen molar-refractivity contribution in [1.29, 1.82) is 0 Å². The molecule has 0 bridgehead atoms. The summed E-state index contributed by atoms with van der Waals surface area (Å²) in [7, 11) is 3.91. The highest BCUT2D eigenvalue weighted by atomic mass is 32.2. The van der Waals surface area contributed by atoms with E-state index in [2.05, 4.69) is 31.4 Å². The van der Waals surface area contributed by atoms with Gasteiger partial charge in [0.1, 0.15) is 6.04 Å². The standard InChI is InChI=1S/C59H113N3O8S3/c1-6-9-12-15-18-19-20-21-22-23-24-25-26-27-30-35-46-69-57(65)41-51-72-49-39-54(59(67)60-43-44-62(4)5)61-55(63)37-32-31-36-53(73-52-42-58(66)70-47-34-29-17-14-11-8-3)38-48-71-50-40-56(64)68-45-33-28-16-13-10-7-2/h53-54H,6-52H2,1-5H3,(H,60,67)(H,61,63). The normalized spacial score (nSPS) is 12.2. The van der Waals surface area contributed by atoms with Gasteiger partial charge in [-0.15, -0.1) is 0 Å². The summed E-state index contributed by atoms with van der Waals surface area (Å²) in [6, 6.07) is -0.641. The number of amides is 2. The second kappa shape index (κ2) is 56.6. The fourth-order valence-corrected chi connectivity index (χ4v) is 11.7. The van der Waals surface area contributed by atoms with E-state index in [1.807, 2.05) is 19.0 Å². The number of unbranched alkanes of at least 4 members (excludes halogenated alkanes) is 26. The molecular formula is C59H113N3O8S3. The molecule has 0 aliphatic heterocycles. The molecule has 0 aliphatic rings. The molecule has 11 nitrogen and oxygen atoms in total. The molecule has 0 aromatic heterocycles. The summed E-state index contributed by atoms with van der Waals surface area (Å²) in [6.45, 7) is 9.38. The van der Waals surface area contributed by atoms with Crippen LogP contribution in [0.1, 0.15) is 258 Å². The molecule has 0 saturated heterocycles. The van der Waals surface area contributed by atoms with E-state index in [4.69, 9.17) is 14.2 Å². The first kappa shape index (κ1) is 71.4. The van der Waals surface area contributed by atoms with Gasteiger partial charge in [-0.25, -0.2) is 0 Å². The van der Waals surface area contributed by atoms with Crippen molar-refractivity contribution in [2.24, 2.45) is 0 Å². The molecule has 0 heterocycles. The largest absolute Gasteiger partial charge is 0.466 e. The van der Waals surface area contributed by atoms with E-state index >= 15 is 0 Å². The Morgan fingerprint density at radius 3 is 1.22 bits per heavy atom. The van der Waals surface area contributed by atoms with Gasteiger partial charge in [0.2, 0.25) is 11.8 Å². The molecule has 0 radical (unpaired) electrons. The first-order chi connectivity index (χ1) is 35.6. The van der Waals surface area contributed by atoms with Crippen LogP contribution >= 0.6 is 35.3 Å². The van der Waals surface area contributed by atoms with Crippen molar-refractivity contribution in [3.8, 4) is 0 Å². The number of hydrogen-bond acceptors (Lipinski definition) is 12. The second-order valence-corrected chi connectivity index (χ2v) is 24.4. The zero-order valence-corrected chi connectivity index (χ0v) is 50.3. The predicted octanol–water partition coefficient (Wildman–Crippen LogP) is 14.8. The maximum atomic E-state index is 13.2. The van der Waals surface area contributed by atoms with Gasteiger partial charge in [-0.05, 0) is 70.5 Å². The van der Waals surface area contributed by atoms with Gasteiger partial charge in [0.15, 0.2) is 0 Å². The number of rotatable bonds is 57. The lowest BCUT2D eigenvalue weighted by atomic mass is 10.0. The van der Waals surface area contributed by atoms with Gasteiger partial charge in [-0.2, -0.15) is 35.3 Å². The number of thioether (sulfide) groups is 3. The minimum atomic E-state index is -0.641. The lowest BCUT2D eigenvalue weighted by Gasteiger charge is -2.20. The van der Waals surface area contributed by atoms with E-state index < -0.39 is 6.04 Å². The zero-order chi connectivity index (χ0) is 53.5. The third-order valence-corrected chi connectivity index (χ3v) is 16.6. The second-order valence-electron chi connectivity index (χ2n) is 20.5. The molecule has 0 rings (SSSR count). The Labute approximate surface area is 461 Å². The molecule has 2 amide bonds. The van der Waals surface area contributed by atoms with Crippen LogP contribution in [0.3, 0.4) is 0 Å². The van der Waals surface area contributed by atoms with E-state index in [1.165, 1.54) is 141 Å². The number of carbonyl (C=O) groups excluding carboxylic acids is 5. The fourth-order valence-electron chi connectivity index (χ4n) is 8.46. The van der Waals surface area contributed by atoms with E-state index in [1.54, 1.807) is 35.3 Å². The topological polar surface area (TPSA) is 140 Å². The molecule has 2 unspecified atom stereocenters. The van der Waals surface area contributed by atoms with Crippen LogP contribution in [0.2, 0.25) is 0 Å². The van der Waals surface area contributed by atoms with Gasteiger partial charge in [0.25, 0.3) is 0 Å². The minimum absolute atomic E-state index is 0.121.